The molecular weight excluding hydrogens is 362 g/mol. The van der Waals surface area contributed by atoms with E-state index < -0.39 is 18.2 Å². The Morgan fingerprint density at radius 3 is 2.71 bits per heavy atom. The van der Waals surface area contributed by atoms with Crippen LogP contribution in [0, 0.1) is 11.3 Å². The van der Waals surface area contributed by atoms with E-state index in [4.69, 9.17) is 0 Å². The van der Waals surface area contributed by atoms with E-state index in [0.717, 1.165) is 0 Å². The average molecular weight is 379 g/mol. The van der Waals surface area contributed by atoms with E-state index in [0.29, 0.717) is 29.3 Å². The molecule has 2 aliphatic rings. The highest BCUT2D eigenvalue weighted by molar-refractivity contribution is 6.06. The lowest BCUT2D eigenvalue weighted by atomic mass is 10.1. The summed E-state index contributed by atoms with van der Waals surface area (Å²) < 4.78 is 0. The normalized spacial score (nSPS) is 22.9. The van der Waals surface area contributed by atoms with Crippen LogP contribution < -0.4 is 4.90 Å². The van der Waals surface area contributed by atoms with Gasteiger partial charge >= 0.3 is 6.09 Å². The summed E-state index contributed by atoms with van der Waals surface area (Å²) in [5.41, 5.74) is 0.752. The molecule has 2 bridgehead atoms. The molecule has 1 N–H and O–H groups in total. The Kier molecular flexibility index (Phi) is 4.11. The van der Waals surface area contributed by atoms with Crippen LogP contribution in [0.3, 0.4) is 0 Å². The van der Waals surface area contributed by atoms with Gasteiger partial charge in [0.15, 0.2) is 0 Å². The zero-order valence-corrected chi connectivity index (χ0v) is 15.0. The summed E-state index contributed by atoms with van der Waals surface area (Å²) in [7, 11) is 1.57. The molecule has 1 aromatic heterocycles. The highest BCUT2D eigenvalue weighted by Gasteiger charge is 2.55. The maximum absolute atomic E-state index is 13.3. The topological polar surface area (TPSA) is 118 Å². The van der Waals surface area contributed by atoms with E-state index in [1.165, 1.54) is 20.9 Å². The van der Waals surface area contributed by atoms with Gasteiger partial charge < -0.3 is 19.8 Å². The zero-order valence-electron chi connectivity index (χ0n) is 15.0. The van der Waals surface area contributed by atoms with Crippen LogP contribution in [-0.4, -0.2) is 70.0 Å². The number of hydrogen-bond donors (Lipinski definition) is 1. The summed E-state index contributed by atoms with van der Waals surface area (Å²) in [4.78, 5) is 44.5. The van der Waals surface area contributed by atoms with E-state index >= 15 is 0 Å². The van der Waals surface area contributed by atoms with Crippen molar-refractivity contribution in [1.29, 1.82) is 5.26 Å². The summed E-state index contributed by atoms with van der Waals surface area (Å²) in [5, 5.41) is 20.0. The molecule has 3 unspecified atom stereocenters. The molecule has 0 spiro atoms. The van der Waals surface area contributed by atoms with Crippen molar-refractivity contribution in [2.75, 3.05) is 18.5 Å². The summed E-state index contributed by atoms with van der Waals surface area (Å²) in [6.07, 6.45) is 1.42. The first kappa shape index (κ1) is 17.7. The number of nitriles is 1. The molecule has 0 radical (unpaired) electrons. The number of likely N-dealkylation sites (N-methyl/N-ethyl adjacent to an activating group) is 1. The van der Waals surface area contributed by atoms with Crippen molar-refractivity contribution in [2.24, 2.45) is 0 Å². The van der Waals surface area contributed by atoms with E-state index in [-0.39, 0.29) is 24.2 Å². The molecule has 2 aromatic rings. The molecule has 3 heterocycles. The number of carbonyl (C=O) groups is 3. The molecule has 3 atom stereocenters. The van der Waals surface area contributed by atoms with Gasteiger partial charge in [-0.1, -0.05) is 24.3 Å². The van der Waals surface area contributed by atoms with Crippen LogP contribution in [0.15, 0.2) is 30.5 Å². The molecule has 1 aromatic carbocycles. The molecular formula is C19H17N5O4. The summed E-state index contributed by atoms with van der Waals surface area (Å²) >= 11 is 0. The fourth-order valence-corrected chi connectivity index (χ4v) is 4.30. The lowest BCUT2D eigenvalue weighted by Gasteiger charge is -2.38. The lowest BCUT2D eigenvalue weighted by Crippen LogP contribution is -2.59. The summed E-state index contributed by atoms with van der Waals surface area (Å²) in [6, 6.07) is 7.42. The Bertz CT molecular complexity index is 1030. The second kappa shape index (κ2) is 6.49. The minimum Gasteiger partial charge on any atom is -0.465 e. The second-order valence-electron chi connectivity index (χ2n) is 6.94. The second-order valence-corrected chi connectivity index (χ2v) is 6.94. The van der Waals surface area contributed by atoms with Crippen molar-refractivity contribution in [3.63, 3.8) is 0 Å². The molecule has 142 valence electrons. The number of fused-ring (bicyclic) bond motifs is 3. The molecule has 9 nitrogen and oxygen atoms in total. The number of pyridine rings is 1. The summed E-state index contributed by atoms with van der Waals surface area (Å²) in [5.74, 6) is -0.387. The van der Waals surface area contributed by atoms with Crippen molar-refractivity contribution in [2.45, 2.75) is 24.5 Å². The molecule has 2 fully saturated rings. The number of nitrogens with zero attached hydrogens (tertiary/aromatic N) is 5. The molecule has 28 heavy (non-hydrogen) atoms. The fraction of sp³-hybridized carbons (Fsp3) is 0.316. The monoisotopic (exact) mass is 379 g/mol. The van der Waals surface area contributed by atoms with Crippen LogP contribution in [-0.2, 0) is 9.59 Å². The Labute approximate surface area is 160 Å². The summed E-state index contributed by atoms with van der Waals surface area (Å²) in [6.45, 7) is 0.216. The minimum atomic E-state index is -1.09. The Balaban J connectivity index is 1.73. The van der Waals surface area contributed by atoms with Crippen LogP contribution in [0.1, 0.15) is 12.1 Å². The number of anilines is 1. The minimum absolute atomic E-state index is 0.216. The zero-order chi connectivity index (χ0) is 20.0. The van der Waals surface area contributed by atoms with Crippen LogP contribution in [0.25, 0.3) is 10.8 Å². The standard InChI is InChI=1S/C19H17N5O4/c1-22(16-8-21-14(7-20)12-4-2-3-5-13(12)16)18(26)17-15-6-11(24(17)10-25)9-23(15)19(27)28/h2-5,8,10-11,15,17H,6,9H2,1H3,(H,27,28). The van der Waals surface area contributed by atoms with E-state index in [1.54, 1.807) is 31.3 Å². The maximum atomic E-state index is 13.3. The number of piperazine rings is 1. The van der Waals surface area contributed by atoms with Gasteiger partial charge in [-0.05, 0) is 6.42 Å². The van der Waals surface area contributed by atoms with Crippen molar-refractivity contribution >= 4 is 34.9 Å². The first-order valence-corrected chi connectivity index (χ1v) is 8.75. The molecule has 2 aliphatic heterocycles. The number of benzene rings is 1. The average Bonchev–Trinajstić information content (AvgIpc) is 3.30. The number of carboxylic acid groups (broad SMARTS) is 1. The molecule has 0 aliphatic carbocycles. The van der Waals surface area contributed by atoms with E-state index in [9.17, 15) is 24.8 Å². The third kappa shape index (κ3) is 2.45. The largest absolute Gasteiger partial charge is 0.465 e. The van der Waals surface area contributed by atoms with E-state index in [1.807, 2.05) is 6.07 Å². The first-order chi connectivity index (χ1) is 13.5. The van der Waals surface area contributed by atoms with Gasteiger partial charge in [-0.25, -0.2) is 9.78 Å². The number of rotatable bonds is 3. The Hall–Kier alpha value is -3.67. The van der Waals surface area contributed by atoms with Gasteiger partial charge in [0.1, 0.15) is 17.8 Å². The van der Waals surface area contributed by atoms with Crippen molar-refractivity contribution < 1.29 is 19.5 Å². The van der Waals surface area contributed by atoms with Crippen molar-refractivity contribution in [1.82, 2.24) is 14.8 Å². The Morgan fingerprint density at radius 2 is 2.07 bits per heavy atom. The SMILES string of the molecule is CN(C(=O)C1C2CC(CN2C(=O)O)N1C=O)c1cnc(C#N)c2ccccc12. The molecule has 2 saturated heterocycles. The lowest BCUT2D eigenvalue weighted by molar-refractivity contribution is -0.134. The third-order valence-corrected chi connectivity index (χ3v) is 5.62. The van der Waals surface area contributed by atoms with E-state index in [2.05, 4.69) is 4.98 Å². The highest BCUT2D eigenvalue weighted by atomic mass is 16.4. The van der Waals surface area contributed by atoms with Crippen LogP contribution >= 0.6 is 0 Å². The van der Waals surface area contributed by atoms with Gasteiger partial charge in [0.25, 0.3) is 5.91 Å². The van der Waals surface area contributed by atoms with Gasteiger partial charge in [-0.15, -0.1) is 0 Å². The number of aromatic nitrogens is 1. The number of hydrogen-bond acceptors (Lipinski definition) is 5. The number of likely N-dealkylation sites (tertiary alicyclic amines) is 2. The predicted octanol–water partition coefficient (Wildman–Crippen LogP) is 1.03. The highest BCUT2D eigenvalue weighted by Crippen LogP contribution is 2.37. The molecule has 3 amide bonds. The van der Waals surface area contributed by atoms with Crippen LogP contribution in [0.4, 0.5) is 10.5 Å². The van der Waals surface area contributed by atoms with Gasteiger partial charge in [0.05, 0.1) is 24.0 Å². The van der Waals surface area contributed by atoms with Gasteiger partial charge in [0.2, 0.25) is 6.41 Å². The fourth-order valence-electron chi connectivity index (χ4n) is 4.30. The smallest absolute Gasteiger partial charge is 0.407 e. The molecule has 0 saturated carbocycles. The first-order valence-electron chi connectivity index (χ1n) is 8.75. The molecule has 9 heteroatoms. The quantitative estimate of drug-likeness (QED) is 0.796. The van der Waals surface area contributed by atoms with Crippen molar-refractivity contribution in [3.8, 4) is 6.07 Å². The van der Waals surface area contributed by atoms with Gasteiger partial charge in [0, 0.05) is 24.4 Å². The third-order valence-electron chi connectivity index (χ3n) is 5.62. The molecule has 4 rings (SSSR count). The van der Waals surface area contributed by atoms with Crippen molar-refractivity contribution in [3.05, 3.63) is 36.2 Å². The number of carbonyl (C=O) groups excluding carboxylic acids is 2. The van der Waals surface area contributed by atoms with Gasteiger partial charge in [-0.2, -0.15) is 5.26 Å². The van der Waals surface area contributed by atoms with Crippen LogP contribution in [0.2, 0.25) is 0 Å². The van der Waals surface area contributed by atoms with Gasteiger partial charge in [-0.3, -0.25) is 9.59 Å². The predicted molar refractivity (Wildman–Crippen MR) is 98.5 cm³/mol. The number of amides is 3. The maximum Gasteiger partial charge on any atom is 0.407 e. The van der Waals surface area contributed by atoms with Crippen LogP contribution in [0.5, 0.6) is 0 Å². The Morgan fingerprint density at radius 1 is 1.36 bits per heavy atom.